The van der Waals surface area contributed by atoms with Gasteiger partial charge in [0.2, 0.25) is 5.91 Å². The standard InChI is InChI=1S/C18H25N3O2/c1-13-7-12-21(17-6-4-3-5-16(13)17)18(23)19-15-8-10-20(11-9-15)14(2)22/h3-6,13,15H,7-12H2,1-2H3,(H,19,23)/t13-/m1/s1. The van der Waals surface area contributed by atoms with E-state index in [1.165, 1.54) is 5.56 Å². The topological polar surface area (TPSA) is 52.7 Å². The van der Waals surface area contributed by atoms with E-state index in [4.69, 9.17) is 0 Å². The predicted molar refractivity (Wildman–Crippen MR) is 90.6 cm³/mol. The number of piperidine rings is 1. The third-order valence-corrected chi connectivity index (χ3v) is 5.06. The number of likely N-dealkylation sites (tertiary alicyclic amines) is 1. The van der Waals surface area contributed by atoms with E-state index in [9.17, 15) is 9.59 Å². The van der Waals surface area contributed by atoms with Crippen molar-refractivity contribution in [2.45, 2.75) is 45.1 Å². The van der Waals surface area contributed by atoms with E-state index in [1.54, 1.807) is 6.92 Å². The van der Waals surface area contributed by atoms with Crippen molar-refractivity contribution in [3.8, 4) is 0 Å². The second kappa shape index (κ2) is 6.60. The number of benzene rings is 1. The van der Waals surface area contributed by atoms with E-state index in [-0.39, 0.29) is 18.0 Å². The first-order chi connectivity index (χ1) is 11.1. The van der Waals surface area contributed by atoms with Crippen molar-refractivity contribution >= 4 is 17.6 Å². The highest BCUT2D eigenvalue weighted by Crippen LogP contribution is 2.34. The van der Waals surface area contributed by atoms with E-state index in [0.717, 1.165) is 44.6 Å². The summed E-state index contributed by atoms with van der Waals surface area (Å²) in [6, 6.07) is 8.32. The highest BCUT2D eigenvalue weighted by molar-refractivity contribution is 5.93. The van der Waals surface area contributed by atoms with Gasteiger partial charge in [0, 0.05) is 38.3 Å². The number of nitrogens with one attached hydrogen (secondary N) is 1. The number of anilines is 1. The number of carbonyl (C=O) groups is 2. The normalized spacial score (nSPS) is 21.7. The molecule has 3 amide bonds. The fraction of sp³-hybridized carbons (Fsp3) is 0.556. The van der Waals surface area contributed by atoms with Crippen LogP contribution in [0.1, 0.15) is 44.6 Å². The number of para-hydroxylation sites is 1. The van der Waals surface area contributed by atoms with Crippen molar-refractivity contribution in [3.63, 3.8) is 0 Å². The van der Waals surface area contributed by atoms with Gasteiger partial charge in [-0.25, -0.2) is 4.79 Å². The molecule has 0 unspecified atom stereocenters. The molecule has 124 valence electrons. The molecule has 1 aromatic carbocycles. The Morgan fingerprint density at radius 2 is 1.78 bits per heavy atom. The highest BCUT2D eigenvalue weighted by atomic mass is 16.2. The maximum Gasteiger partial charge on any atom is 0.322 e. The summed E-state index contributed by atoms with van der Waals surface area (Å²) in [5.41, 5.74) is 2.28. The van der Waals surface area contributed by atoms with Gasteiger partial charge < -0.3 is 10.2 Å². The second-order valence-electron chi connectivity index (χ2n) is 6.63. The number of fused-ring (bicyclic) bond motifs is 1. The fourth-order valence-corrected chi connectivity index (χ4v) is 3.55. The van der Waals surface area contributed by atoms with Gasteiger partial charge in [-0.15, -0.1) is 0 Å². The van der Waals surface area contributed by atoms with E-state index < -0.39 is 0 Å². The smallest absolute Gasteiger partial charge is 0.322 e. The molecule has 0 radical (unpaired) electrons. The maximum atomic E-state index is 12.7. The van der Waals surface area contributed by atoms with Crippen LogP contribution in [0.2, 0.25) is 0 Å². The molecule has 1 atom stereocenters. The van der Waals surface area contributed by atoms with Gasteiger partial charge in [0.05, 0.1) is 0 Å². The number of nitrogens with zero attached hydrogens (tertiary/aromatic N) is 2. The minimum absolute atomic E-state index is 0.00868. The maximum absolute atomic E-state index is 12.7. The van der Waals surface area contributed by atoms with E-state index in [1.807, 2.05) is 28.0 Å². The number of rotatable bonds is 1. The Hall–Kier alpha value is -2.04. The first-order valence-corrected chi connectivity index (χ1v) is 8.48. The number of hydrogen-bond donors (Lipinski definition) is 1. The van der Waals surface area contributed by atoms with E-state index in [2.05, 4.69) is 18.3 Å². The molecule has 0 spiro atoms. The van der Waals surface area contributed by atoms with Gasteiger partial charge >= 0.3 is 6.03 Å². The molecule has 1 aromatic rings. The summed E-state index contributed by atoms with van der Waals surface area (Å²) < 4.78 is 0. The van der Waals surface area contributed by atoms with Crippen LogP contribution in [0.25, 0.3) is 0 Å². The van der Waals surface area contributed by atoms with Crippen molar-refractivity contribution in [2.75, 3.05) is 24.5 Å². The first-order valence-electron chi connectivity index (χ1n) is 8.48. The summed E-state index contributed by atoms with van der Waals surface area (Å²) in [7, 11) is 0. The Kier molecular flexibility index (Phi) is 4.55. The van der Waals surface area contributed by atoms with Gasteiger partial charge in [0.15, 0.2) is 0 Å². The highest BCUT2D eigenvalue weighted by Gasteiger charge is 2.28. The Morgan fingerprint density at radius 1 is 1.09 bits per heavy atom. The van der Waals surface area contributed by atoms with Crippen molar-refractivity contribution in [1.29, 1.82) is 0 Å². The second-order valence-corrected chi connectivity index (χ2v) is 6.63. The van der Waals surface area contributed by atoms with E-state index >= 15 is 0 Å². The Balaban J connectivity index is 1.64. The number of carbonyl (C=O) groups excluding carboxylic acids is 2. The molecule has 2 heterocycles. The predicted octanol–water partition coefficient (Wildman–Crippen LogP) is 2.72. The Labute approximate surface area is 137 Å². The molecule has 0 aliphatic carbocycles. The minimum atomic E-state index is -0.00868. The molecular formula is C18H25N3O2. The lowest BCUT2D eigenvalue weighted by atomic mass is 9.92. The summed E-state index contributed by atoms with van der Waals surface area (Å²) in [5.74, 6) is 0.614. The fourth-order valence-electron chi connectivity index (χ4n) is 3.55. The Bertz CT molecular complexity index is 594. The quantitative estimate of drug-likeness (QED) is 0.866. The summed E-state index contributed by atoms with van der Waals surface area (Å²) in [6.45, 7) is 6.04. The van der Waals surface area contributed by atoms with Crippen molar-refractivity contribution in [3.05, 3.63) is 29.8 Å². The zero-order chi connectivity index (χ0) is 16.4. The molecule has 1 N–H and O–H groups in total. The van der Waals surface area contributed by atoms with Crippen LogP contribution in [-0.4, -0.2) is 42.5 Å². The number of urea groups is 1. The van der Waals surface area contributed by atoms with Crippen LogP contribution in [0, 0.1) is 0 Å². The van der Waals surface area contributed by atoms with Crippen molar-refractivity contribution < 1.29 is 9.59 Å². The third-order valence-electron chi connectivity index (χ3n) is 5.06. The molecule has 0 bridgehead atoms. The SMILES string of the molecule is CC(=O)N1CCC(NC(=O)N2CC[C@@H](C)c3ccccc32)CC1. The summed E-state index contributed by atoms with van der Waals surface area (Å²) in [6.07, 6.45) is 2.65. The average Bonchev–Trinajstić information content (AvgIpc) is 2.56. The molecule has 1 saturated heterocycles. The number of hydrogen-bond acceptors (Lipinski definition) is 2. The van der Waals surface area contributed by atoms with Crippen LogP contribution >= 0.6 is 0 Å². The molecule has 1 fully saturated rings. The first kappa shape index (κ1) is 15.8. The zero-order valence-electron chi connectivity index (χ0n) is 13.9. The van der Waals surface area contributed by atoms with Crippen molar-refractivity contribution in [2.24, 2.45) is 0 Å². The molecule has 5 nitrogen and oxygen atoms in total. The molecule has 3 rings (SSSR count). The lowest BCUT2D eigenvalue weighted by Crippen LogP contribution is -2.51. The summed E-state index contributed by atoms with van der Waals surface area (Å²) in [4.78, 5) is 27.8. The van der Waals surface area contributed by atoms with Gasteiger partial charge in [-0.3, -0.25) is 9.69 Å². The van der Waals surface area contributed by atoms with E-state index in [0.29, 0.717) is 5.92 Å². The zero-order valence-corrected chi connectivity index (χ0v) is 13.9. The van der Waals surface area contributed by atoms with Gasteiger partial charge in [-0.1, -0.05) is 25.1 Å². The molecular weight excluding hydrogens is 290 g/mol. The molecule has 0 saturated carbocycles. The molecule has 5 heteroatoms. The van der Waals surface area contributed by atoms with Crippen LogP contribution in [0.15, 0.2) is 24.3 Å². The van der Waals surface area contributed by atoms with Crippen molar-refractivity contribution in [1.82, 2.24) is 10.2 Å². The Morgan fingerprint density at radius 3 is 2.48 bits per heavy atom. The van der Waals surface area contributed by atoms with Crippen LogP contribution < -0.4 is 10.2 Å². The summed E-state index contributed by atoms with van der Waals surface area (Å²) in [5, 5.41) is 3.15. The van der Waals surface area contributed by atoms with Crippen LogP contribution in [0.3, 0.4) is 0 Å². The van der Waals surface area contributed by atoms with Crippen LogP contribution in [-0.2, 0) is 4.79 Å². The number of amides is 3. The van der Waals surface area contributed by atoms with Gasteiger partial charge in [-0.05, 0) is 36.8 Å². The van der Waals surface area contributed by atoms with Crippen LogP contribution in [0.4, 0.5) is 10.5 Å². The van der Waals surface area contributed by atoms with Gasteiger partial charge in [-0.2, -0.15) is 0 Å². The molecule has 23 heavy (non-hydrogen) atoms. The van der Waals surface area contributed by atoms with Crippen LogP contribution in [0.5, 0.6) is 0 Å². The third kappa shape index (κ3) is 3.33. The molecule has 2 aliphatic heterocycles. The minimum Gasteiger partial charge on any atom is -0.343 e. The van der Waals surface area contributed by atoms with Gasteiger partial charge in [0.25, 0.3) is 0 Å². The lowest BCUT2D eigenvalue weighted by molar-refractivity contribution is -0.129. The molecule has 0 aromatic heterocycles. The van der Waals surface area contributed by atoms with Gasteiger partial charge in [0.1, 0.15) is 0 Å². The monoisotopic (exact) mass is 315 g/mol. The lowest BCUT2D eigenvalue weighted by Gasteiger charge is -2.36. The average molecular weight is 315 g/mol. The summed E-state index contributed by atoms with van der Waals surface area (Å²) >= 11 is 0. The largest absolute Gasteiger partial charge is 0.343 e. The molecule has 2 aliphatic rings.